The molecule has 0 radical (unpaired) electrons. The molecule has 10 heteroatoms. The van der Waals surface area contributed by atoms with Gasteiger partial charge < -0.3 is 14.8 Å². The van der Waals surface area contributed by atoms with E-state index in [1.165, 1.54) is 6.07 Å². The molecular weight excluding hydrogens is 454 g/mol. The average molecular weight is 485 g/mol. The van der Waals surface area contributed by atoms with Crippen LogP contribution in [0.3, 0.4) is 0 Å². The molecule has 0 spiro atoms. The van der Waals surface area contributed by atoms with Crippen LogP contribution in [-0.2, 0) is 14.8 Å². The van der Waals surface area contributed by atoms with Gasteiger partial charge in [-0.15, -0.1) is 0 Å². The smallest absolute Gasteiger partial charge is 0.232 e. The molecule has 0 heterocycles. The maximum Gasteiger partial charge on any atom is 0.232 e. The van der Waals surface area contributed by atoms with Crippen LogP contribution in [0.5, 0.6) is 11.5 Å². The minimum atomic E-state index is -3.74. The molecule has 7 nitrogen and oxygen atoms in total. The second-order valence-corrected chi connectivity index (χ2v) is 9.31. The van der Waals surface area contributed by atoms with Gasteiger partial charge in [0.25, 0.3) is 0 Å². The fourth-order valence-electron chi connectivity index (χ4n) is 3.24. The Bertz CT molecular complexity index is 1060. The fraction of sp³-hybridized carbons (Fsp3) is 0.435. The van der Waals surface area contributed by atoms with Crippen LogP contribution in [0.2, 0.25) is 0 Å². The van der Waals surface area contributed by atoms with Crippen molar-refractivity contribution in [1.82, 2.24) is 5.32 Å². The molecule has 0 fully saturated rings. The monoisotopic (exact) mass is 484 g/mol. The van der Waals surface area contributed by atoms with Gasteiger partial charge in [-0.25, -0.2) is 17.2 Å². The molecule has 182 valence electrons. The van der Waals surface area contributed by atoms with Crippen molar-refractivity contribution in [3.63, 3.8) is 0 Å². The van der Waals surface area contributed by atoms with E-state index in [2.05, 4.69) is 5.32 Å². The first-order chi connectivity index (χ1) is 15.6. The molecule has 0 aliphatic rings. The zero-order valence-corrected chi connectivity index (χ0v) is 20.0. The molecule has 0 unspecified atom stereocenters. The van der Waals surface area contributed by atoms with Gasteiger partial charge in [-0.3, -0.25) is 9.10 Å². The first-order valence-corrected chi connectivity index (χ1v) is 12.5. The topological polar surface area (TPSA) is 84.9 Å². The van der Waals surface area contributed by atoms with Crippen LogP contribution in [0.1, 0.15) is 45.2 Å². The Morgan fingerprint density at radius 1 is 1.03 bits per heavy atom. The van der Waals surface area contributed by atoms with Gasteiger partial charge in [-0.05, 0) is 57.0 Å². The van der Waals surface area contributed by atoms with E-state index in [-0.39, 0.29) is 37.0 Å². The zero-order chi connectivity index (χ0) is 24.6. The number of hydrogen-bond donors (Lipinski definition) is 1. The van der Waals surface area contributed by atoms with Crippen molar-refractivity contribution in [2.24, 2.45) is 0 Å². The minimum absolute atomic E-state index is 0.00279. The maximum atomic E-state index is 13.6. The Labute approximate surface area is 193 Å². The van der Waals surface area contributed by atoms with Crippen LogP contribution in [-0.4, -0.2) is 40.3 Å². The summed E-state index contributed by atoms with van der Waals surface area (Å²) in [6.07, 6.45) is 1.21. The van der Waals surface area contributed by atoms with Gasteiger partial charge in [0.2, 0.25) is 15.9 Å². The highest BCUT2D eigenvalue weighted by Gasteiger charge is 2.20. The van der Waals surface area contributed by atoms with Gasteiger partial charge in [-0.1, -0.05) is 6.07 Å². The van der Waals surface area contributed by atoms with E-state index in [4.69, 9.17) is 9.47 Å². The Balaban J connectivity index is 1.99. The van der Waals surface area contributed by atoms with Crippen molar-refractivity contribution in [2.75, 3.05) is 30.3 Å². The van der Waals surface area contributed by atoms with Gasteiger partial charge in [0.05, 0.1) is 31.2 Å². The molecule has 33 heavy (non-hydrogen) atoms. The van der Waals surface area contributed by atoms with Gasteiger partial charge in [0.15, 0.2) is 23.1 Å². The summed E-state index contributed by atoms with van der Waals surface area (Å²) in [7, 11) is -3.74. The normalized spacial score (nSPS) is 12.2. The Hall–Kier alpha value is -2.88. The predicted molar refractivity (Wildman–Crippen MR) is 123 cm³/mol. The summed E-state index contributed by atoms with van der Waals surface area (Å²) in [5, 5.41) is 2.87. The van der Waals surface area contributed by atoms with Gasteiger partial charge in [0.1, 0.15) is 0 Å². The van der Waals surface area contributed by atoms with E-state index in [1.807, 2.05) is 32.9 Å². The standard InChI is InChI=1S/C23H30F2N2O5S/c1-5-31-21-12-9-17(14-22(21)32-6-2)16(3)26-23(28)8-7-13-27(33(4,29)30)18-10-11-19(24)20(25)15-18/h9-12,14-16H,5-8,13H2,1-4H3,(H,26,28)/t16-/m1/s1. The third-order valence-corrected chi connectivity index (χ3v) is 6.00. The molecule has 2 aromatic rings. The molecule has 2 aromatic carbocycles. The number of ether oxygens (including phenoxy) is 2. The Kier molecular flexibility index (Phi) is 9.45. The maximum absolute atomic E-state index is 13.6. The molecule has 1 atom stereocenters. The summed E-state index contributed by atoms with van der Waals surface area (Å²) in [5.74, 6) is -1.27. The van der Waals surface area contributed by atoms with Crippen molar-refractivity contribution >= 4 is 21.6 Å². The highest BCUT2D eigenvalue weighted by molar-refractivity contribution is 7.92. The van der Waals surface area contributed by atoms with Crippen LogP contribution < -0.4 is 19.1 Å². The number of nitrogens with one attached hydrogen (secondary N) is 1. The summed E-state index contributed by atoms with van der Waals surface area (Å²) in [6, 6.07) is 8.00. The highest BCUT2D eigenvalue weighted by atomic mass is 32.2. The Morgan fingerprint density at radius 3 is 2.30 bits per heavy atom. The number of hydrogen-bond acceptors (Lipinski definition) is 5. The molecule has 0 saturated heterocycles. The number of carbonyl (C=O) groups excluding carboxylic acids is 1. The fourth-order valence-corrected chi connectivity index (χ4v) is 4.20. The van der Waals surface area contributed by atoms with Gasteiger partial charge in [0, 0.05) is 19.0 Å². The van der Waals surface area contributed by atoms with Crippen molar-refractivity contribution in [3.8, 4) is 11.5 Å². The number of halogens is 2. The summed E-state index contributed by atoms with van der Waals surface area (Å²) in [5.41, 5.74) is 0.831. The van der Waals surface area contributed by atoms with E-state index in [0.29, 0.717) is 24.7 Å². The van der Waals surface area contributed by atoms with Crippen LogP contribution in [0.15, 0.2) is 36.4 Å². The lowest BCUT2D eigenvalue weighted by molar-refractivity contribution is -0.121. The lowest BCUT2D eigenvalue weighted by atomic mass is 10.1. The van der Waals surface area contributed by atoms with E-state index in [1.54, 1.807) is 6.07 Å². The molecule has 0 saturated carbocycles. The second-order valence-electron chi connectivity index (χ2n) is 7.40. The summed E-state index contributed by atoms with van der Waals surface area (Å²) in [6.45, 7) is 6.49. The first kappa shape index (κ1) is 26.4. The highest BCUT2D eigenvalue weighted by Crippen LogP contribution is 2.30. The van der Waals surface area contributed by atoms with Crippen LogP contribution in [0.4, 0.5) is 14.5 Å². The van der Waals surface area contributed by atoms with Crippen molar-refractivity contribution in [1.29, 1.82) is 0 Å². The Morgan fingerprint density at radius 2 is 1.70 bits per heavy atom. The molecule has 0 aliphatic heterocycles. The van der Waals surface area contributed by atoms with Gasteiger partial charge >= 0.3 is 0 Å². The number of benzene rings is 2. The molecule has 1 N–H and O–H groups in total. The number of carbonyl (C=O) groups is 1. The van der Waals surface area contributed by atoms with Crippen molar-refractivity contribution in [2.45, 2.75) is 39.7 Å². The van der Waals surface area contributed by atoms with E-state index in [9.17, 15) is 22.0 Å². The molecule has 0 aromatic heterocycles. The number of amides is 1. The minimum Gasteiger partial charge on any atom is -0.490 e. The largest absolute Gasteiger partial charge is 0.490 e. The molecule has 0 aliphatic carbocycles. The quantitative estimate of drug-likeness (QED) is 0.488. The van der Waals surface area contributed by atoms with Crippen LogP contribution in [0, 0.1) is 11.6 Å². The lowest BCUT2D eigenvalue weighted by Gasteiger charge is -2.22. The third-order valence-electron chi connectivity index (χ3n) is 4.80. The van der Waals surface area contributed by atoms with E-state index < -0.39 is 21.7 Å². The molecule has 1 amide bonds. The van der Waals surface area contributed by atoms with E-state index >= 15 is 0 Å². The van der Waals surface area contributed by atoms with Crippen molar-refractivity contribution < 1.29 is 31.5 Å². The predicted octanol–water partition coefficient (Wildman–Crippen LogP) is 4.19. The summed E-state index contributed by atoms with van der Waals surface area (Å²) < 4.78 is 63.1. The van der Waals surface area contributed by atoms with Crippen LogP contribution in [0.25, 0.3) is 0 Å². The lowest BCUT2D eigenvalue weighted by Crippen LogP contribution is -2.32. The van der Waals surface area contributed by atoms with Crippen LogP contribution >= 0.6 is 0 Å². The number of anilines is 1. The SMILES string of the molecule is CCOc1ccc([C@@H](C)NC(=O)CCCN(c2ccc(F)c(F)c2)S(C)(=O)=O)cc1OCC. The van der Waals surface area contributed by atoms with E-state index in [0.717, 1.165) is 28.3 Å². The zero-order valence-electron chi connectivity index (χ0n) is 19.2. The number of nitrogens with zero attached hydrogens (tertiary/aromatic N) is 1. The summed E-state index contributed by atoms with van der Waals surface area (Å²) >= 11 is 0. The molecular formula is C23H30F2N2O5S. The van der Waals surface area contributed by atoms with Gasteiger partial charge in [-0.2, -0.15) is 0 Å². The third kappa shape index (κ3) is 7.59. The summed E-state index contributed by atoms with van der Waals surface area (Å²) in [4.78, 5) is 12.4. The molecule has 0 bridgehead atoms. The first-order valence-electron chi connectivity index (χ1n) is 10.7. The number of rotatable bonds is 12. The number of sulfonamides is 1. The average Bonchev–Trinajstić information content (AvgIpc) is 2.74. The second kappa shape index (κ2) is 11.8. The van der Waals surface area contributed by atoms with Crippen molar-refractivity contribution in [3.05, 3.63) is 53.6 Å². The molecule has 2 rings (SSSR count).